The van der Waals surface area contributed by atoms with E-state index in [1.54, 1.807) is 25.1 Å². The highest BCUT2D eigenvalue weighted by molar-refractivity contribution is 6.06. The summed E-state index contributed by atoms with van der Waals surface area (Å²) in [4.78, 5) is 24.7. The first-order valence-corrected chi connectivity index (χ1v) is 13.3. The molecule has 0 aliphatic carbocycles. The third-order valence-electron chi connectivity index (χ3n) is 6.27. The van der Waals surface area contributed by atoms with Gasteiger partial charge in [-0.2, -0.15) is 0 Å². The highest BCUT2D eigenvalue weighted by Crippen LogP contribution is 2.28. The number of amides is 1. The molecule has 0 spiro atoms. The van der Waals surface area contributed by atoms with Crippen LogP contribution in [0.2, 0.25) is 0 Å². The Morgan fingerprint density at radius 1 is 0.842 bits per heavy atom. The lowest BCUT2D eigenvalue weighted by molar-refractivity contribution is -0.143. The Bertz CT molecular complexity index is 1220. The summed E-state index contributed by atoms with van der Waals surface area (Å²) in [5, 5.41) is 2.96. The van der Waals surface area contributed by atoms with Gasteiger partial charge in [-0.15, -0.1) is 0 Å². The molecule has 0 aliphatic rings. The van der Waals surface area contributed by atoms with E-state index in [1.807, 2.05) is 32.0 Å². The standard InChI is InChI=1S/C32H39NO5/c1-6-36-31(34)12-9-19-37-30-11-8-7-10-28(30)33-32(35)27-17-18-29(24(5)23(27)4)38-21-26-15-13-25(14-16-26)20-22(2)3/h7-8,10-11,13-18,22H,6,9,12,19-21H2,1-5H3,(H,33,35). The Morgan fingerprint density at radius 2 is 1.55 bits per heavy atom. The maximum atomic E-state index is 13.2. The SMILES string of the molecule is CCOC(=O)CCCOc1ccccc1NC(=O)c1ccc(OCc2ccc(CC(C)C)cc2)c(C)c1C. The van der Waals surface area contributed by atoms with Crippen LogP contribution in [0.1, 0.15) is 66.2 Å². The van der Waals surface area contributed by atoms with Gasteiger partial charge >= 0.3 is 5.97 Å². The topological polar surface area (TPSA) is 73.9 Å². The van der Waals surface area contributed by atoms with Crippen LogP contribution in [-0.4, -0.2) is 25.1 Å². The molecule has 3 aromatic rings. The number of esters is 1. The molecule has 0 aliphatic heterocycles. The molecule has 0 saturated heterocycles. The zero-order valence-electron chi connectivity index (χ0n) is 23.1. The van der Waals surface area contributed by atoms with Gasteiger partial charge in [-0.25, -0.2) is 0 Å². The zero-order valence-corrected chi connectivity index (χ0v) is 23.1. The molecule has 0 aromatic heterocycles. The fourth-order valence-corrected chi connectivity index (χ4v) is 4.12. The summed E-state index contributed by atoms with van der Waals surface area (Å²) >= 11 is 0. The van der Waals surface area contributed by atoms with Gasteiger partial charge in [0.05, 0.1) is 18.9 Å². The summed E-state index contributed by atoms with van der Waals surface area (Å²) in [6, 6.07) is 19.5. The third-order valence-corrected chi connectivity index (χ3v) is 6.27. The van der Waals surface area contributed by atoms with E-state index in [-0.39, 0.29) is 11.9 Å². The second-order valence-electron chi connectivity index (χ2n) is 9.77. The van der Waals surface area contributed by atoms with Crippen molar-refractivity contribution in [2.75, 3.05) is 18.5 Å². The number of anilines is 1. The minimum atomic E-state index is -0.240. The number of nitrogens with one attached hydrogen (secondary N) is 1. The Morgan fingerprint density at radius 3 is 2.26 bits per heavy atom. The van der Waals surface area contributed by atoms with Crippen molar-refractivity contribution < 1.29 is 23.8 Å². The normalized spacial score (nSPS) is 10.8. The molecule has 0 atom stereocenters. The van der Waals surface area contributed by atoms with Crippen LogP contribution in [0.3, 0.4) is 0 Å². The van der Waals surface area contributed by atoms with Crippen molar-refractivity contribution in [3.05, 3.63) is 88.5 Å². The quantitative estimate of drug-likeness (QED) is 0.194. The maximum Gasteiger partial charge on any atom is 0.305 e. The third kappa shape index (κ3) is 8.37. The van der Waals surface area contributed by atoms with Gasteiger partial charge in [0.15, 0.2) is 0 Å². The molecule has 0 heterocycles. The summed E-state index contributed by atoms with van der Waals surface area (Å²) in [5.74, 6) is 1.48. The van der Waals surface area contributed by atoms with Crippen molar-refractivity contribution in [1.82, 2.24) is 0 Å². The number of rotatable bonds is 13. The summed E-state index contributed by atoms with van der Waals surface area (Å²) in [6.07, 6.45) is 1.89. The average Bonchev–Trinajstić information content (AvgIpc) is 2.89. The van der Waals surface area contributed by atoms with E-state index in [4.69, 9.17) is 14.2 Å². The van der Waals surface area contributed by atoms with E-state index in [1.165, 1.54) is 5.56 Å². The van der Waals surface area contributed by atoms with Gasteiger partial charge < -0.3 is 19.5 Å². The molecule has 1 N–H and O–H groups in total. The molecule has 1 amide bonds. The molecule has 6 heteroatoms. The molecule has 0 fully saturated rings. The minimum Gasteiger partial charge on any atom is -0.491 e. The van der Waals surface area contributed by atoms with Crippen molar-refractivity contribution in [2.24, 2.45) is 5.92 Å². The van der Waals surface area contributed by atoms with Crippen LogP contribution in [0, 0.1) is 19.8 Å². The number of benzene rings is 3. The predicted octanol–water partition coefficient (Wildman–Crippen LogP) is 7.06. The molecule has 3 aromatic carbocycles. The van der Waals surface area contributed by atoms with E-state index < -0.39 is 0 Å². The summed E-state index contributed by atoms with van der Waals surface area (Å²) < 4.78 is 16.9. The predicted molar refractivity (Wildman–Crippen MR) is 151 cm³/mol. The fraction of sp³-hybridized carbons (Fsp3) is 0.375. The van der Waals surface area contributed by atoms with Gasteiger partial charge in [0, 0.05) is 12.0 Å². The second kappa shape index (κ2) is 14.2. The number of ether oxygens (including phenoxy) is 3. The molecule has 0 bridgehead atoms. The lowest BCUT2D eigenvalue weighted by Gasteiger charge is -2.16. The number of hydrogen-bond donors (Lipinski definition) is 1. The van der Waals surface area contributed by atoms with E-state index in [2.05, 4.69) is 43.4 Å². The molecule has 3 rings (SSSR count). The maximum absolute atomic E-state index is 13.2. The first-order valence-electron chi connectivity index (χ1n) is 13.3. The monoisotopic (exact) mass is 517 g/mol. The molecular formula is C32H39NO5. The minimum absolute atomic E-state index is 0.222. The smallest absolute Gasteiger partial charge is 0.305 e. The molecular weight excluding hydrogens is 478 g/mol. The molecule has 38 heavy (non-hydrogen) atoms. The molecule has 0 radical (unpaired) electrons. The lowest BCUT2D eigenvalue weighted by atomic mass is 10.0. The number of para-hydroxylation sites is 2. The molecule has 0 saturated carbocycles. The van der Waals surface area contributed by atoms with E-state index in [0.717, 1.165) is 28.9 Å². The summed E-state index contributed by atoms with van der Waals surface area (Å²) in [5.41, 5.74) is 5.37. The summed E-state index contributed by atoms with van der Waals surface area (Å²) in [7, 11) is 0. The molecule has 0 unspecified atom stereocenters. The van der Waals surface area contributed by atoms with E-state index in [9.17, 15) is 9.59 Å². The largest absolute Gasteiger partial charge is 0.491 e. The van der Waals surface area contributed by atoms with Gasteiger partial charge in [0.25, 0.3) is 5.91 Å². The van der Waals surface area contributed by atoms with Gasteiger partial charge in [-0.05, 0) is 86.1 Å². The summed E-state index contributed by atoms with van der Waals surface area (Å²) in [6.45, 7) is 11.3. The van der Waals surface area contributed by atoms with Gasteiger partial charge in [-0.3, -0.25) is 9.59 Å². The van der Waals surface area contributed by atoms with Crippen LogP contribution in [0.4, 0.5) is 5.69 Å². The van der Waals surface area contributed by atoms with Gasteiger partial charge in [0.1, 0.15) is 18.1 Å². The highest BCUT2D eigenvalue weighted by atomic mass is 16.5. The lowest BCUT2D eigenvalue weighted by Crippen LogP contribution is -2.15. The van der Waals surface area contributed by atoms with Gasteiger partial charge in [0.2, 0.25) is 0 Å². The molecule has 6 nitrogen and oxygen atoms in total. The van der Waals surface area contributed by atoms with Crippen LogP contribution in [0.15, 0.2) is 60.7 Å². The Balaban J connectivity index is 1.61. The highest BCUT2D eigenvalue weighted by Gasteiger charge is 2.16. The first kappa shape index (κ1) is 28.8. The van der Waals surface area contributed by atoms with Crippen molar-refractivity contribution >= 4 is 17.6 Å². The number of carbonyl (C=O) groups is 2. The number of hydrogen-bond acceptors (Lipinski definition) is 5. The van der Waals surface area contributed by atoms with Crippen molar-refractivity contribution in [1.29, 1.82) is 0 Å². The Labute approximate surface area is 226 Å². The van der Waals surface area contributed by atoms with Crippen molar-refractivity contribution in [3.63, 3.8) is 0 Å². The van der Waals surface area contributed by atoms with Crippen LogP contribution >= 0.6 is 0 Å². The van der Waals surface area contributed by atoms with Crippen LogP contribution in [-0.2, 0) is 22.6 Å². The fourth-order valence-electron chi connectivity index (χ4n) is 4.12. The zero-order chi connectivity index (χ0) is 27.5. The van der Waals surface area contributed by atoms with Gasteiger partial charge in [-0.1, -0.05) is 50.2 Å². The number of carbonyl (C=O) groups excluding carboxylic acids is 2. The van der Waals surface area contributed by atoms with E-state index in [0.29, 0.717) is 55.6 Å². The van der Waals surface area contributed by atoms with Crippen molar-refractivity contribution in [2.45, 2.75) is 60.5 Å². The first-order chi connectivity index (χ1) is 18.3. The molecule has 202 valence electrons. The van der Waals surface area contributed by atoms with Crippen LogP contribution in [0.5, 0.6) is 11.5 Å². The average molecular weight is 518 g/mol. The second-order valence-corrected chi connectivity index (χ2v) is 9.77. The Kier molecular flexibility index (Phi) is 10.8. The Hall–Kier alpha value is -3.80. The van der Waals surface area contributed by atoms with E-state index >= 15 is 0 Å². The van der Waals surface area contributed by atoms with Crippen LogP contribution in [0.25, 0.3) is 0 Å². The van der Waals surface area contributed by atoms with Crippen LogP contribution < -0.4 is 14.8 Å². The van der Waals surface area contributed by atoms with Crippen molar-refractivity contribution in [3.8, 4) is 11.5 Å².